The molecule has 4 nitrogen and oxygen atoms in total. The fourth-order valence-corrected chi connectivity index (χ4v) is 2.68. The SMILES string of the molecule is CN(CCC(=O)c1ccccc1)CN(C)CCC(=O)c1ccccc1. The topological polar surface area (TPSA) is 40.6 Å². The second-order valence-electron chi connectivity index (χ2n) is 6.38. The van der Waals surface area contributed by atoms with Crippen molar-refractivity contribution < 1.29 is 9.59 Å². The molecule has 0 aliphatic carbocycles. The van der Waals surface area contributed by atoms with Crippen molar-refractivity contribution in [2.45, 2.75) is 12.8 Å². The van der Waals surface area contributed by atoms with Crippen LogP contribution < -0.4 is 0 Å². The summed E-state index contributed by atoms with van der Waals surface area (Å²) in [5.74, 6) is 0.323. The molecule has 0 spiro atoms. The maximum absolute atomic E-state index is 12.1. The molecule has 2 aromatic rings. The molecular formula is C21H26N2O2. The van der Waals surface area contributed by atoms with Crippen molar-refractivity contribution in [1.82, 2.24) is 9.80 Å². The summed E-state index contributed by atoms with van der Waals surface area (Å²) in [5.41, 5.74) is 1.52. The van der Waals surface area contributed by atoms with Crippen molar-refractivity contribution in [3.63, 3.8) is 0 Å². The Balaban J connectivity index is 1.68. The van der Waals surface area contributed by atoms with Crippen molar-refractivity contribution in [1.29, 1.82) is 0 Å². The highest BCUT2D eigenvalue weighted by atomic mass is 16.1. The Labute approximate surface area is 150 Å². The Morgan fingerprint density at radius 2 is 1.04 bits per heavy atom. The Bertz CT molecular complexity index is 611. The summed E-state index contributed by atoms with van der Waals surface area (Å²) in [4.78, 5) is 28.5. The average Bonchev–Trinajstić information content (AvgIpc) is 2.65. The number of benzene rings is 2. The number of Topliss-reactive ketones (excluding diaryl/α,β-unsaturated/α-hetero) is 2. The van der Waals surface area contributed by atoms with Crippen LogP contribution >= 0.6 is 0 Å². The lowest BCUT2D eigenvalue weighted by atomic mass is 10.1. The maximum atomic E-state index is 12.1. The van der Waals surface area contributed by atoms with Gasteiger partial charge in [0.25, 0.3) is 0 Å². The third-order valence-electron chi connectivity index (χ3n) is 4.12. The second kappa shape index (κ2) is 9.87. The van der Waals surface area contributed by atoms with Crippen LogP contribution in [0.5, 0.6) is 0 Å². The molecule has 0 bridgehead atoms. The normalized spacial score (nSPS) is 11.0. The minimum absolute atomic E-state index is 0.161. The van der Waals surface area contributed by atoms with E-state index < -0.39 is 0 Å². The van der Waals surface area contributed by atoms with Gasteiger partial charge in [-0.15, -0.1) is 0 Å². The van der Waals surface area contributed by atoms with Gasteiger partial charge < -0.3 is 0 Å². The van der Waals surface area contributed by atoms with Crippen LogP contribution in [0.3, 0.4) is 0 Å². The summed E-state index contributed by atoms with van der Waals surface area (Å²) in [7, 11) is 3.99. The van der Waals surface area contributed by atoms with E-state index in [2.05, 4.69) is 9.80 Å². The first-order chi connectivity index (χ1) is 12.1. The zero-order chi connectivity index (χ0) is 18.1. The second-order valence-corrected chi connectivity index (χ2v) is 6.38. The van der Waals surface area contributed by atoms with E-state index in [1.165, 1.54) is 0 Å². The van der Waals surface area contributed by atoms with Crippen molar-refractivity contribution in [2.24, 2.45) is 0 Å². The van der Waals surface area contributed by atoms with Gasteiger partial charge in [0.2, 0.25) is 0 Å². The molecule has 0 fully saturated rings. The minimum Gasteiger partial charge on any atom is -0.294 e. The highest BCUT2D eigenvalue weighted by molar-refractivity contribution is 5.96. The zero-order valence-electron chi connectivity index (χ0n) is 15.0. The number of hydrogen-bond donors (Lipinski definition) is 0. The highest BCUT2D eigenvalue weighted by Crippen LogP contribution is 2.05. The summed E-state index contributed by atoms with van der Waals surface area (Å²) in [6, 6.07) is 18.8. The van der Waals surface area contributed by atoms with Crippen LogP contribution in [0.25, 0.3) is 0 Å². The average molecular weight is 338 g/mol. The lowest BCUT2D eigenvalue weighted by Gasteiger charge is -2.24. The number of carbonyl (C=O) groups is 2. The standard InChI is InChI=1S/C21H26N2O2/c1-22(15-13-20(24)18-9-5-3-6-10-18)17-23(2)16-14-21(25)19-11-7-4-8-12-19/h3-12H,13-17H2,1-2H3. The molecule has 0 heterocycles. The van der Waals surface area contributed by atoms with Crippen molar-refractivity contribution >= 4 is 11.6 Å². The molecule has 0 aromatic heterocycles. The van der Waals surface area contributed by atoms with Gasteiger partial charge in [0.1, 0.15) is 0 Å². The molecular weight excluding hydrogens is 312 g/mol. The van der Waals surface area contributed by atoms with Crippen LogP contribution in [-0.4, -0.2) is 55.2 Å². The first-order valence-electron chi connectivity index (χ1n) is 8.60. The lowest BCUT2D eigenvalue weighted by Crippen LogP contribution is -2.35. The van der Waals surface area contributed by atoms with Crippen molar-refractivity contribution in [2.75, 3.05) is 33.9 Å². The molecule has 2 rings (SSSR count). The van der Waals surface area contributed by atoms with Gasteiger partial charge in [-0.1, -0.05) is 60.7 Å². The minimum atomic E-state index is 0.161. The third kappa shape index (κ3) is 6.61. The van der Waals surface area contributed by atoms with Crippen LogP contribution in [-0.2, 0) is 0 Å². The van der Waals surface area contributed by atoms with Crippen LogP contribution in [0.2, 0.25) is 0 Å². The Kier molecular flexibility index (Phi) is 7.51. The third-order valence-corrected chi connectivity index (χ3v) is 4.12. The molecule has 0 saturated heterocycles. The Hall–Kier alpha value is -2.30. The quantitative estimate of drug-likeness (QED) is 0.492. The molecule has 0 amide bonds. The summed E-state index contributed by atoms with van der Waals surface area (Å²) in [6.45, 7) is 2.12. The van der Waals surface area contributed by atoms with E-state index in [4.69, 9.17) is 0 Å². The van der Waals surface area contributed by atoms with Gasteiger partial charge in [0.05, 0.1) is 6.67 Å². The molecule has 132 valence electrons. The van der Waals surface area contributed by atoms with E-state index in [-0.39, 0.29) is 11.6 Å². The molecule has 0 radical (unpaired) electrons. The van der Waals surface area contributed by atoms with Gasteiger partial charge >= 0.3 is 0 Å². The summed E-state index contributed by atoms with van der Waals surface area (Å²) >= 11 is 0. The molecule has 0 saturated carbocycles. The molecule has 0 atom stereocenters. The molecule has 2 aromatic carbocycles. The number of nitrogens with zero attached hydrogens (tertiary/aromatic N) is 2. The van der Waals surface area contributed by atoms with Crippen LogP contribution in [0.15, 0.2) is 60.7 Å². The maximum Gasteiger partial charge on any atom is 0.164 e. The fraction of sp³-hybridized carbons (Fsp3) is 0.333. The van der Waals surface area contributed by atoms with Gasteiger partial charge in [-0.05, 0) is 14.1 Å². The highest BCUT2D eigenvalue weighted by Gasteiger charge is 2.10. The van der Waals surface area contributed by atoms with Gasteiger partial charge in [-0.3, -0.25) is 19.4 Å². The molecule has 4 heteroatoms. The molecule has 0 aliphatic rings. The number of ketones is 2. The van der Waals surface area contributed by atoms with Gasteiger partial charge in [-0.2, -0.15) is 0 Å². The monoisotopic (exact) mass is 338 g/mol. The Morgan fingerprint density at radius 3 is 1.40 bits per heavy atom. The van der Waals surface area contributed by atoms with Crippen molar-refractivity contribution in [3.8, 4) is 0 Å². The molecule has 0 unspecified atom stereocenters. The summed E-state index contributed by atoms with van der Waals surface area (Å²) in [5, 5.41) is 0. The van der Waals surface area contributed by atoms with Crippen LogP contribution in [0.1, 0.15) is 33.6 Å². The van der Waals surface area contributed by atoms with Crippen LogP contribution in [0, 0.1) is 0 Å². The van der Waals surface area contributed by atoms with E-state index in [1.54, 1.807) is 0 Å². The van der Waals surface area contributed by atoms with E-state index in [9.17, 15) is 9.59 Å². The van der Waals surface area contributed by atoms with E-state index in [0.717, 1.165) is 17.8 Å². The lowest BCUT2D eigenvalue weighted by molar-refractivity contribution is 0.0939. The Morgan fingerprint density at radius 1 is 0.680 bits per heavy atom. The predicted molar refractivity (Wildman–Crippen MR) is 101 cm³/mol. The van der Waals surface area contributed by atoms with Gasteiger partial charge in [0, 0.05) is 37.1 Å². The number of rotatable bonds is 10. The predicted octanol–water partition coefficient (Wildman–Crippen LogP) is 3.35. The smallest absolute Gasteiger partial charge is 0.164 e. The van der Waals surface area contributed by atoms with Gasteiger partial charge in [0.15, 0.2) is 11.6 Å². The fourth-order valence-electron chi connectivity index (χ4n) is 2.68. The molecule has 25 heavy (non-hydrogen) atoms. The van der Waals surface area contributed by atoms with E-state index in [0.29, 0.717) is 25.9 Å². The van der Waals surface area contributed by atoms with E-state index in [1.807, 2.05) is 74.8 Å². The zero-order valence-corrected chi connectivity index (χ0v) is 15.0. The van der Waals surface area contributed by atoms with E-state index >= 15 is 0 Å². The molecule has 0 N–H and O–H groups in total. The largest absolute Gasteiger partial charge is 0.294 e. The first-order valence-corrected chi connectivity index (χ1v) is 8.60. The first kappa shape index (κ1) is 19.0. The van der Waals surface area contributed by atoms with Gasteiger partial charge in [-0.25, -0.2) is 0 Å². The summed E-state index contributed by atoms with van der Waals surface area (Å²) in [6.07, 6.45) is 0.995. The van der Waals surface area contributed by atoms with Crippen LogP contribution in [0.4, 0.5) is 0 Å². The van der Waals surface area contributed by atoms with Crippen molar-refractivity contribution in [3.05, 3.63) is 71.8 Å². The summed E-state index contributed by atoms with van der Waals surface area (Å²) < 4.78 is 0. The molecule has 0 aliphatic heterocycles. The number of carbonyl (C=O) groups excluding carboxylic acids is 2. The number of hydrogen-bond acceptors (Lipinski definition) is 4.